The van der Waals surface area contributed by atoms with E-state index in [0.29, 0.717) is 5.56 Å². The van der Waals surface area contributed by atoms with Crippen LogP contribution in [0.5, 0.6) is 0 Å². The minimum atomic E-state index is -4.01. The number of hydrogen-bond acceptors (Lipinski definition) is 6. The van der Waals surface area contributed by atoms with Crippen LogP contribution in [-0.4, -0.2) is 28.8 Å². The molecule has 6 nitrogen and oxygen atoms in total. The van der Waals surface area contributed by atoms with Gasteiger partial charge >= 0.3 is 0 Å². The molecule has 1 aliphatic rings. The van der Waals surface area contributed by atoms with E-state index in [2.05, 4.69) is 14.7 Å². The molecular weight excluding hydrogens is 447 g/mol. The van der Waals surface area contributed by atoms with Crippen molar-refractivity contribution in [2.24, 2.45) is 0 Å². The molecule has 2 heterocycles. The van der Waals surface area contributed by atoms with Gasteiger partial charge in [-0.05, 0) is 12.5 Å². The Kier molecular flexibility index (Phi) is 9.67. The van der Waals surface area contributed by atoms with Gasteiger partial charge in [-0.1, -0.05) is 44.0 Å². The maximum absolute atomic E-state index is 12.9. The number of nitrogens with zero attached hydrogens (tertiary/aromatic N) is 3. The topological polar surface area (TPSA) is 83.4 Å². The minimum absolute atomic E-state index is 0. The average Bonchev–Trinajstić information content (AvgIpc) is 3.04. The zero-order chi connectivity index (χ0) is 17.9. The number of hydrogen-bond donors (Lipinski definition) is 1. The van der Waals surface area contributed by atoms with Gasteiger partial charge < -0.3 is 12.5 Å². The maximum Gasteiger partial charge on any atom is 0.270 e. The molecule has 1 aromatic heterocycles. The predicted octanol–water partition coefficient (Wildman–Crippen LogP) is 3.49. The monoisotopic (exact) mass is 467 g/mol. The molecule has 0 saturated carbocycles. The number of terminal acetylenes is 1. The molecule has 1 aliphatic heterocycles. The fourth-order valence-electron chi connectivity index (χ4n) is 2.29. The Morgan fingerprint density at radius 3 is 2.46 bits per heavy atom. The van der Waals surface area contributed by atoms with Gasteiger partial charge in [-0.3, -0.25) is 0 Å². The fraction of sp³-hybridized carbons (Fsp3) is 0.235. The van der Waals surface area contributed by atoms with E-state index in [4.69, 9.17) is 6.42 Å². The zero-order valence-electron chi connectivity index (χ0n) is 15.1. The normalized spacial score (nSPS) is 14.0. The first-order chi connectivity index (χ1) is 11.5. The quantitative estimate of drug-likeness (QED) is 0.540. The molecule has 0 atom stereocenters. The van der Waals surface area contributed by atoms with Gasteiger partial charge in [-0.25, -0.2) is 12.7 Å². The third-order valence-corrected chi connectivity index (χ3v) is 5.65. The van der Waals surface area contributed by atoms with Crippen molar-refractivity contribution in [3.63, 3.8) is 0 Å². The first-order valence-electron chi connectivity index (χ1n) is 7.27. The summed E-state index contributed by atoms with van der Waals surface area (Å²) in [7, 11) is -4.01. The number of aromatic nitrogens is 2. The number of rotatable bonds is 2. The van der Waals surface area contributed by atoms with E-state index >= 15 is 0 Å². The Morgan fingerprint density at radius 2 is 1.88 bits per heavy atom. The van der Waals surface area contributed by atoms with Crippen LogP contribution < -0.4 is 4.31 Å². The van der Waals surface area contributed by atoms with E-state index in [9.17, 15) is 13.5 Å². The summed E-state index contributed by atoms with van der Waals surface area (Å²) in [6.07, 6.45) is 5.28. The van der Waals surface area contributed by atoms with E-state index in [0.717, 1.165) is 21.6 Å². The standard InChI is InChI=1S/C14H11N3O3S2.C2H6.CH3.Y/c1-3-8-17-14-11(15-21-16-14)12(18)13(22(17,19)20)10-7-5-4-6-9(10)2;1-2;;/h1,4-7,18H,8H2,2H3;1-2H3;1H3;/q;;-1;. The van der Waals surface area contributed by atoms with Gasteiger partial charge in [0.05, 0.1) is 18.3 Å². The Bertz CT molecular complexity index is 931. The molecule has 0 spiro atoms. The van der Waals surface area contributed by atoms with Crippen LogP contribution in [0.1, 0.15) is 30.7 Å². The van der Waals surface area contributed by atoms with Gasteiger partial charge in [0.15, 0.2) is 17.3 Å². The van der Waals surface area contributed by atoms with Crippen molar-refractivity contribution in [1.82, 2.24) is 8.75 Å². The van der Waals surface area contributed by atoms with Crippen LogP contribution in [0, 0.1) is 26.7 Å². The summed E-state index contributed by atoms with van der Waals surface area (Å²) < 4.78 is 34.7. The average molecular weight is 467 g/mol. The summed E-state index contributed by atoms with van der Waals surface area (Å²) in [6.45, 7) is 5.59. The third-order valence-electron chi connectivity index (χ3n) is 3.32. The number of aliphatic hydroxyl groups excluding tert-OH is 1. The molecule has 0 aliphatic carbocycles. The number of aliphatic hydroxyl groups is 1. The van der Waals surface area contributed by atoms with E-state index < -0.39 is 15.8 Å². The zero-order valence-corrected chi connectivity index (χ0v) is 19.6. The van der Waals surface area contributed by atoms with Crippen LogP contribution in [0.15, 0.2) is 24.3 Å². The molecule has 0 saturated heterocycles. The number of anilines is 1. The maximum atomic E-state index is 12.9. The van der Waals surface area contributed by atoms with Crippen LogP contribution in [-0.2, 0) is 42.7 Å². The Balaban J connectivity index is 0.00000151. The Morgan fingerprint density at radius 1 is 1.27 bits per heavy atom. The smallest absolute Gasteiger partial charge is 0.270 e. The van der Waals surface area contributed by atoms with Crippen molar-refractivity contribution in [3.8, 4) is 12.3 Å². The van der Waals surface area contributed by atoms with Gasteiger partial charge in [0.25, 0.3) is 10.0 Å². The molecule has 0 amide bonds. The Hall–Kier alpha value is -1.27. The Labute approximate surface area is 184 Å². The van der Waals surface area contributed by atoms with Crippen molar-refractivity contribution in [3.05, 3.63) is 48.5 Å². The second kappa shape index (κ2) is 10.2. The van der Waals surface area contributed by atoms with Crippen LogP contribution in [0.3, 0.4) is 0 Å². The van der Waals surface area contributed by atoms with Crippen LogP contribution in [0.2, 0.25) is 0 Å². The summed E-state index contributed by atoms with van der Waals surface area (Å²) in [5, 5.41) is 10.4. The molecule has 2 aromatic rings. The first-order valence-corrected chi connectivity index (χ1v) is 9.44. The molecule has 1 N–H and O–H groups in total. The summed E-state index contributed by atoms with van der Waals surface area (Å²) in [5.74, 6) is 1.98. The van der Waals surface area contributed by atoms with Crippen molar-refractivity contribution in [2.75, 3.05) is 10.8 Å². The molecular formula is C17H20N3O3S2Y-. The molecule has 0 unspecified atom stereocenters. The number of sulfonamides is 1. The molecule has 137 valence electrons. The van der Waals surface area contributed by atoms with Crippen molar-refractivity contribution in [1.29, 1.82) is 0 Å². The van der Waals surface area contributed by atoms with Crippen LogP contribution in [0.25, 0.3) is 10.7 Å². The molecule has 3 rings (SSSR count). The molecule has 0 bridgehead atoms. The molecule has 9 heteroatoms. The number of fused-ring (bicyclic) bond motifs is 1. The fourth-order valence-corrected chi connectivity index (χ4v) is 4.56. The summed E-state index contributed by atoms with van der Waals surface area (Å²) in [4.78, 5) is -0.193. The molecule has 1 radical (unpaired) electrons. The predicted molar refractivity (Wildman–Crippen MR) is 103 cm³/mol. The second-order valence-electron chi connectivity index (χ2n) is 4.64. The van der Waals surface area contributed by atoms with Crippen LogP contribution >= 0.6 is 11.7 Å². The van der Waals surface area contributed by atoms with E-state index in [1.165, 1.54) is 0 Å². The minimum Gasteiger partial charge on any atom is -0.504 e. The van der Waals surface area contributed by atoms with Crippen LogP contribution in [0.4, 0.5) is 5.82 Å². The second-order valence-corrected chi connectivity index (χ2v) is 6.97. The van der Waals surface area contributed by atoms with E-state index in [1.807, 2.05) is 13.8 Å². The van der Waals surface area contributed by atoms with Crippen molar-refractivity contribution < 1.29 is 46.2 Å². The summed E-state index contributed by atoms with van der Waals surface area (Å²) >= 11 is 0.822. The molecule has 26 heavy (non-hydrogen) atoms. The van der Waals surface area contributed by atoms with Gasteiger partial charge in [0.2, 0.25) is 0 Å². The van der Waals surface area contributed by atoms with E-state index in [-0.39, 0.29) is 63.1 Å². The van der Waals surface area contributed by atoms with Gasteiger partial charge in [-0.15, -0.1) is 6.42 Å². The van der Waals surface area contributed by atoms with Crippen molar-refractivity contribution >= 4 is 38.2 Å². The largest absolute Gasteiger partial charge is 0.504 e. The number of aryl methyl sites for hydroxylation is 1. The van der Waals surface area contributed by atoms with E-state index in [1.54, 1.807) is 31.2 Å². The SMILES string of the molecule is C#CCN1c2nsnc2C(O)=C(c2ccccc2C)S1(=O)=O.CC.[CH3-].[Y]. The van der Waals surface area contributed by atoms with Crippen molar-refractivity contribution in [2.45, 2.75) is 20.8 Å². The summed E-state index contributed by atoms with van der Waals surface area (Å²) in [5.41, 5.74) is 1.27. The van der Waals surface area contributed by atoms with Gasteiger partial charge in [0, 0.05) is 38.3 Å². The summed E-state index contributed by atoms with van der Waals surface area (Å²) in [6, 6.07) is 6.90. The van der Waals surface area contributed by atoms with Gasteiger partial charge in [-0.2, -0.15) is 8.75 Å². The number of benzene rings is 1. The molecule has 1 aromatic carbocycles. The third kappa shape index (κ3) is 4.17. The van der Waals surface area contributed by atoms with Gasteiger partial charge in [0.1, 0.15) is 4.91 Å². The molecule has 0 fully saturated rings. The first kappa shape index (κ1) is 24.7.